The van der Waals surface area contributed by atoms with Crippen LogP contribution in [0.25, 0.3) is 0 Å². The molecule has 5 heteroatoms. The first-order valence-electron chi connectivity index (χ1n) is 0. The van der Waals surface area contributed by atoms with Crippen molar-refractivity contribution in [3.05, 3.63) is 0 Å². The maximum absolute atomic E-state index is 0. The summed E-state index contributed by atoms with van der Waals surface area (Å²) in [6, 6.07) is 0. The standard InChI is InChI=1S/Ca.2ClH.Mg.H2O.2H/h;2*1H;;1H2;;/q;;;+2;;;/p-2. The van der Waals surface area contributed by atoms with Crippen molar-refractivity contribution in [2.75, 3.05) is 0 Å². The Bertz CT molecular complexity index is 9.61. The normalized spacial score (nSPS) is 0. The average Bonchev–Trinajstić information content (AvgIpc) is 0. The van der Waals surface area contributed by atoms with Crippen molar-refractivity contribution in [1.82, 2.24) is 0 Å². The second kappa shape index (κ2) is 30.9. The van der Waals surface area contributed by atoms with Gasteiger partial charge in [-0.2, -0.15) is 0 Å². The van der Waals surface area contributed by atoms with Gasteiger partial charge in [0, 0.05) is 0 Å². The summed E-state index contributed by atoms with van der Waals surface area (Å²) in [5.41, 5.74) is 0. The minimum absolute atomic E-state index is 0. The van der Waals surface area contributed by atoms with E-state index < -0.39 is 0 Å². The number of hydrogen-bond acceptors (Lipinski definition) is 0. The van der Waals surface area contributed by atoms with Gasteiger partial charge in [-0.25, -0.2) is 0 Å². The maximum Gasteiger partial charge on any atom is 2.00 e. The van der Waals surface area contributed by atoms with Gasteiger partial charge >= 0.3 is 60.8 Å². The van der Waals surface area contributed by atoms with E-state index >= 15 is 0 Å². The third-order valence-electron chi connectivity index (χ3n) is 0. The predicted octanol–water partition coefficient (Wildman–Crippen LogP) is -8.11. The number of halogens is 2. The molecule has 0 spiro atoms. The van der Waals surface area contributed by atoms with Crippen LogP contribution in [0, 0.1) is 0 Å². The second-order valence-electron chi connectivity index (χ2n) is 0. The monoisotopic (exact) mass is 154 g/mol. The molecule has 0 aromatic heterocycles. The van der Waals surface area contributed by atoms with E-state index in [0.29, 0.717) is 0 Å². The number of rotatable bonds is 0. The molecule has 0 aromatic carbocycles. The quantitative estimate of drug-likeness (QED) is 0.311. The van der Waals surface area contributed by atoms with E-state index in [0.717, 1.165) is 0 Å². The molecule has 0 fully saturated rings. The molecule has 0 heterocycles. The Morgan fingerprint density at radius 2 is 0.800 bits per heavy atom. The molecular weight excluding hydrogens is 151 g/mol. The molecule has 28 valence electrons. The molecule has 0 saturated heterocycles. The molecule has 2 N–H and O–H groups in total. The average molecular weight is 155 g/mol. The van der Waals surface area contributed by atoms with Gasteiger partial charge in [-0.3, -0.25) is 0 Å². The van der Waals surface area contributed by atoms with Crippen LogP contribution in [0.1, 0.15) is 0 Å². The minimum atomic E-state index is 0. The molecule has 0 radical (unpaired) electrons. The summed E-state index contributed by atoms with van der Waals surface area (Å²) in [6.45, 7) is 0. The van der Waals surface area contributed by atoms with Crippen molar-refractivity contribution in [2.45, 2.75) is 0 Å². The zero-order valence-electron chi connectivity index (χ0n) is 1.96. The Labute approximate surface area is 89.5 Å². The fraction of sp³-hybridized carbons (Fsp3) is 0. The Morgan fingerprint density at radius 3 is 0.800 bits per heavy atom. The van der Waals surface area contributed by atoms with Crippen molar-refractivity contribution in [3.63, 3.8) is 0 Å². The van der Waals surface area contributed by atoms with Gasteiger partial charge in [0.1, 0.15) is 0 Å². The molecule has 0 rings (SSSR count). The molecule has 0 saturated carbocycles. The van der Waals surface area contributed by atoms with Crippen LogP contribution in [0.3, 0.4) is 0 Å². The summed E-state index contributed by atoms with van der Waals surface area (Å²) in [5, 5.41) is 0. The van der Waals surface area contributed by atoms with Crippen LogP contribution >= 0.6 is 0 Å². The Hall–Kier alpha value is 2.57. The third-order valence-corrected chi connectivity index (χ3v) is 0. The SMILES string of the molecule is O.[CaH2].[Cl-].[Cl-].[Mg+2]. The van der Waals surface area contributed by atoms with Crippen molar-refractivity contribution in [3.8, 4) is 0 Å². The van der Waals surface area contributed by atoms with Gasteiger partial charge in [-0.15, -0.1) is 0 Å². The molecule has 0 aliphatic carbocycles. The smallest absolute Gasteiger partial charge is 1.00 e. The molecule has 0 atom stereocenters. The Kier molecular flexibility index (Phi) is 306. The van der Waals surface area contributed by atoms with Crippen LogP contribution in [0.2, 0.25) is 0 Å². The van der Waals surface area contributed by atoms with E-state index in [4.69, 9.17) is 0 Å². The maximum atomic E-state index is 0. The van der Waals surface area contributed by atoms with Crippen LogP contribution in [0.5, 0.6) is 0 Å². The predicted molar refractivity (Wildman–Crippen MR) is 17.9 cm³/mol. The van der Waals surface area contributed by atoms with E-state index in [-0.39, 0.29) is 91.1 Å². The first-order chi connectivity index (χ1) is 0. The summed E-state index contributed by atoms with van der Waals surface area (Å²) in [6.07, 6.45) is 0. The van der Waals surface area contributed by atoms with Crippen molar-refractivity contribution < 1.29 is 30.3 Å². The van der Waals surface area contributed by atoms with E-state index in [1.165, 1.54) is 0 Å². The van der Waals surface area contributed by atoms with Gasteiger partial charge < -0.3 is 30.3 Å². The topological polar surface area (TPSA) is 31.5 Å². The van der Waals surface area contributed by atoms with Crippen LogP contribution in [0.15, 0.2) is 0 Å². The molecule has 0 unspecified atom stereocenters. The zero-order chi connectivity index (χ0) is 0. The summed E-state index contributed by atoms with van der Waals surface area (Å²) in [5.74, 6) is 0. The van der Waals surface area contributed by atoms with Gasteiger partial charge in [0.15, 0.2) is 0 Å². The summed E-state index contributed by atoms with van der Waals surface area (Å²) in [7, 11) is 0. The van der Waals surface area contributed by atoms with E-state index in [9.17, 15) is 0 Å². The van der Waals surface area contributed by atoms with E-state index in [1.807, 2.05) is 0 Å². The fourth-order valence-corrected chi connectivity index (χ4v) is 0. The summed E-state index contributed by atoms with van der Waals surface area (Å²) >= 11 is 0. The molecule has 0 bridgehead atoms. The molecule has 0 aliphatic heterocycles. The van der Waals surface area contributed by atoms with Crippen LogP contribution in [-0.2, 0) is 0 Å². The van der Waals surface area contributed by atoms with E-state index in [1.54, 1.807) is 0 Å². The van der Waals surface area contributed by atoms with Gasteiger partial charge in [-0.05, 0) is 0 Å². The first-order valence-corrected chi connectivity index (χ1v) is 0. The van der Waals surface area contributed by atoms with Gasteiger partial charge in [0.25, 0.3) is 0 Å². The summed E-state index contributed by atoms with van der Waals surface area (Å²) < 4.78 is 0. The Balaban J connectivity index is 0. The zero-order valence-corrected chi connectivity index (χ0v) is 4.89. The van der Waals surface area contributed by atoms with Crippen molar-refractivity contribution in [2.24, 2.45) is 0 Å². The van der Waals surface area contributed by atoms with Crippen molar-refractivity contribution >= 4 is 60.8 Å². The molecule has 0 aromatic rings. The molecule has 5 heavy (non-hydrogen) atoms. The minimum Gasteiger partial charge on any atom is -1.00 e. The van der Waals surface area contributed by atoms with Crippen LogP contribution in [0.4, 0.5) is 0 Å². The largest absolute Gasteiger partial charge is 2.00 e. The molecule has 1 nitrogen and oxygen atoms in total. The fourth-order valence-electron chi connectivity index (χ4n) is 0. The molecular formula is H4CaCl2MgO. The van der Waals surface area contributed by atoms with Gasteiger partial charge in [-0.1, -0.05) is 0 Å². The first kappa shape index (κ1) is 49.5. The number of hydrogen-bond donors (Lipinski definition) is 0. The van der Waals surface area contributed by atoms with E-state index in [2.05, 4.69) is 0 Å². The molecule has 0 amide bonds. The Morgan fingerprint density at radius 1 is 0.800 bits per heavy atom. The van der Waals surface area contributed by atoms with Crippen molar-refractivity contribution in [1.29, 1.82) is 0 Å². The van der Waals surface area contributed by atoms with Gasteiger partial charge in [0.05, 0.1) is 0 Å². The summed E-state index contributed by atoms with van der Waals surface area (Å²) in [4.78, 5) is 0. The second-order valence-corrected chi connectivity index (χ2v) is 0. The van der Waals surface area contributed by atoms with Gasteiger partial charge in [0.2, 0.25) is 0 Å². The van der Waals surface area contributed by atoms with Crippen LogP contribution < -0.4 is 24.8 Å². The molecule has 0 aliphatic rings. The van der Waals surface area contributed by atoms with Crippen LogP contribution in [-0.4, -0.2) is 66.3 Å². The third kappa shape index (κ3) is 20.8.